The molecule has 12 N–H and O–H groups in total. The van der Waals surface area contributed by atoms with E-state index in [0.717, 1.165) is 12.3 Å². The quantitative estimate of drug-likeness (QED) is 0.0757. The van der Waals surface area contributed by atoms with E-state index < -0.39 is 11.6 Å². The maximum absolute atomic E-state index is 13.2. The fraction of sp³-hybridized carbons (Fsp3) is 0. The Labute approximate surface area is 258 Å². The number of rotatable bonds is 6. The van der Waals surface area contributed by atoms with Gasteiger partial charge in [0.2, 0.25) is 17.9 Å². The lowest BCUT2D eigenvalue weighted by Crippen LogP contribution is -2.21. The molecule has 13 nitrogen and oxygen atoms in total. The van der Waals surface area contributed by atoms with E-state index in [1.807, 2.05) is 0 Å². The van der Waals surface area contributed by atoms with Gasteiger partial charge in [-0.1, -0.05) is 46.4 Å². The highest BCUT2D eigenvalue weighted by atomic mass is 35.5. The van der Waals surface area contributed by atoms with Crippen molar-refractivity contribution in [3.8, 4) is 0 Å². The third-order valence-electron chi connectivity index (χ3n) is 3.90. The number of pyridine rings is 1. The maximum atomic E-state index is 13.2. The van der Waals surface area contributed by atoms with Crippen LogP contribution in [-0.4, -0.2) is 41.5 Å². The van der Waals surface area contributed by atoms with Crippen molar-refractivity contribution < 1.29 is 8.78 Å². The summed E-state index contributed by atoms with van der Waals surface area (Å²) in [5, 5.41) is 21.7. The van der Waals surface area contributed by atoms with Crippen LogP contribution >= 0.6 is 46.4 Å². The molecule has 0 fully saturated rings. The third kappa shape index (κ3) is 14.7. The van der Waals surface area contributed by atoms with Gasteiger partial charge >= 0.3 is 0 Å². The number of aromatic nitrogens is 1. The summed E-state index contributed by atoms with van der Waals surface area (Å²) >= 11 is 22.7. The summed E-state index contributed by atoms with van der Waals surface area (Å²) < 4.78 is 25.9. The second-order valence-corrected chi connectivity index (χ2v) is 8.73. The largest absolute Gasteiger partial charge is 0.369 e. The highest BCUT2D eigenvalue weighted by Gasteiger charge is 2.05. The zero-order chi connectivity index (χ0) is 31.7. The minimum atomic E-state index is -0.557. The van der Waals surface area contributed by atoms with Crippen LogP contribution in [0.5, 0.6) is 0 Å². The molecule has 0 atom stereocenters. The minimum Gasteiger partial charge on any atom is -0.369 e. The number of guanidine groups is 3. The number of halogens is 6. The summed E-state index contributed by atoms with van der Waals surface area (Å²) in [5.41, 5.74) is 31.4. The van der Waals surface area contributed by atoms with Crippen molar-refractivity contribution in [2.75, 3.05) is 0 Å². The molecule has 0 aliphatic heterocycles. The van der Waals surface area contributed by atoms with Crippen LogP contribution in [0.15, 0.2) is 79.3 Å². The lowest BCUT2D eigenvalue weighted by atomic mass is 10.2. The third-order valence-corrected chi connectivity index (χ3v) is 5.28. The molecule has 0 aliphatic rings. The van der Waals surface area contributed by atoms with Crippen molar-refractivity contribution in [3.05, 3.63) is 97.2 Å². The van der Waals surface area contributed by atoms with Crippen LogP contribution in [-0.2, 0) is 0 Å². The first-order chi connectivity index (χ1) is 19.8. The lowest BCUT2D eigenvalue weighted by molar-refractivity contribution is 0.626. The topological polar surface area (TPSA) is 243 Å². The molecule has 0 bridgehead atoms. The molecule has 0 amide bonds. The molecule has 0 saturated heterocycles. The van der Waals surface area contributed by atoms with E-state index in [2.05, 4.69) is 35.6 Å². The molecular weight excluding hydrogens is 638 g/mol. The van der Waals surface area contributed by atoms with Gasteiger partial charge in [0.1, 0.15) is 16.8 Å². The average Bonchev–Trinajstić information content (AvgIpc) is 2.90. The molecule has 0 unspecified atom stereocenters. The molecule has 0 radical (unpaired) electrons. The molecule has 222 valence electrons. The van der Waals surface area contributed by atoms with Crippen LogP contribution in [0, 0.1) is 11.6 Å². The van der Waals surface area contributed by atoms with Crippen LogP contribution in [0.3, 0.4) is 0 Å². The zero-order valence-electron chi connectivity index (χ0n) is 21.2. The van der Waals surface area contributed by atoms with Crippen LogP contribution in [0.2, 0.25) is 20.2 Å². The molecule has 2 aromatic carbocycles. The Kier molecular flexibility index (Phi) is 15.8. The fourth-order valence-electron chi connectivity index (χ4n) is 2.22. The number of benzene rings is 2. The molecular formula is C23H23Cl4F2N13. The Morgan fingerprint density at radius 3 is 1.64 bits per heavy atom. The van der Waals surface area contributed by atoms with Crippen molar-refractivity contribution in [3.63, 3.8) is 0 Å². The van der Waals surface area contributed by atoms with Gasteiger partial charge in [-0.3, -0.25) is 0 Å². The van der Waals surface area contributed by atoms with Gasteiger partial charge in [-0.15, -0.1) is 15.3 Å². The Morgan fingerprint density at radius 2 is 1.12 bits per heavy atom. The normalized spacial score (nSPS) is 10.4. The summed E-state index contributed by atoms with van der Waals surface area (Å²) in [7, 11) is 0. The molecule has 0 aliphatic carbocycles. The van der Waals surface area contributed by atoms with Gasteiger partial charge < -0.3 is 34.4 Å². The van der Waals surface area contributed by atoms with Gasteiger partial charge in [-0.05, 0) is 42.5 Å². The molecule has 3 aromatic rings. The smallest absolute Gasteiger partial charge is 0.211 e. The molecule has 1 heterocycles. The van der Waals surface area contributed by atoms with E-state index in [1.54, 1.807) is 18.3 Å². The molecule has 1 aromatic heterocycles. The van der Waals surface area contributed by atoms with Crippen molar-refractivity contribution in [2.45, 2.75) is 0 Å². The van der Waals surface area contributed by atoms with Gasteiger partial charge in [-0.25, -0.2) is 13.8 Å². The first kappa shape index (κ1) is 35.5. The second kappa shape index (κ2) is 18.7. The second-order valence-electron chi connectivity index (χ2n) is 7.15. The highest BCUT2D eigenvalue weighted by molar-refractivity contribution is 6.42. The molecule has 3 rings (SSSR count). The summed E-state index contributed by atoms with van der Waals surface area (Å²) in [5.74, 6) is -1.45. The summed E-state index contributed by atoms with van der Waals surface area (Å²) in [4.78, 5) is 3.84. The number of nitrogens with zero attached hydrogens (tertiary/aromatic N) is 7. The van der Waals surface area contributed by atoms with E-state index >= 15 is 0 Å². The van der Waals surface area contributed by atoms with Crippen molar-refractivity contribution >= 4 is 82.9 Å². The minimum absolute atomic E-state index is 0.101. The van der Waals surface area contributed by atoms with Crippen LogP contribution in [0.25, 0.3) is 0 Å². The molecule has 19 heteroatoms. The van der Waals surface area contributed by atoms with Crippen LogP contribution in [0.1, 0.15) is 16.7 Å². The predicted octanol–water partition coefficient (Wildman–Crippen LogP) is 3.17. The molecule has 0 spiro atoms. The maximum Gasteiger partial charge on any atom is 0.211 e. The average molecular weight is 661 g/mol. The first-order valence-corrected chi connectivity index (χ1v) is 12.4. The van der Waals surface area contributed by atoms with Crippen molar-refractivity contribution in [1.82, 2.24) is 4.98 Å². The standard InChI is InChI=1S/C8H7Cl2FN4.C8H8ClFN4.C7H8ClN5/c9-5-1-4(3-14-15-8(12)13)7(11)2-6(5)10;9-7-2-1-6(10)3-5(7)4-13-14-8(11)12;8-6-5(2-1-3-11-6)4-12-13-7(9)10/h1-3H,(H4,12,13,15);1-4H,(H4,11,12,14);1-4H,(H4,9,10,13)/b14-3+;13-4+;12-4+. The zero-order valence-corrected chi connectivity index (χ0v) is 24.2. The van der Waals surface area contributed by atoms with Crippen molar-refractivity contribution in [1.29, 1.82) is 0 Å². The Hall–Kier alpha value is -4.57. The van der Waals surface area contributed by atoms with Crippen LogP contribution < -0.4 is 34.4 Å². The monoisotopic (exact) mass is 659 g/mol. The van der Waals surface area contributed by atoms with Gasteiger partial charge in [0, 0.05) is 27.9 Å². The van der Waals surface area contributed by atoms with Gasteiger partial charge in [0.15, 0.2) is 0 Å². The first-order valence-electron chi connectivity index (χ1n) is 10.9. The van der Waals surface area contributed by atoms with E-state index in [4.69, 9.17) is 80.8 Å². The van der Waals surface area contributed by atoms with E-state index in [9.17, 15) is 8.78 Å². The predicted molar refractivity (Wildman–Crippen MR) is 167 cm³/mol. The van der Waals surface area contributed by atoms with Gasteiger partial charge in [-0.2, -0.15) is 15.3 Å². The van der Waals surface area contributed by atoms with Crippen molar-refractivity contribution in [2.24, 2.45) is 65.0 Å². The summed E-state index contributed by atoms with van der Waals surface area (Å²) in [6, 6.07) is 9.80. The molecule has 42 heavy (non-hydrogen) atoms. The Bertz CT molecular complexity index is 1510. The summed E-state index contributed by atoms with van der Waals surface area (Å²) in [6.45, 7) is 0. The number of hydrogen-bond acceptors (Lipinski definition) is 7. The van der Waals surface area contributed by atoms with E-state index in [-0.39, 0.29) is 33.5 Å². The lowest BCUT2D eigenvalue weighted by Gasteiger charge is -1.98. The van der Waals surface area contributed by atoms with E-state index in [1.165, 1.54) is 36.7 Å². The Balaban J connectivity index is 0.000000316. The fourth-order valence-corrected chi connectivity index (χ4v) is 2.88. The van der Waals surface area contributed by atoms with Gasteiger partial charge in [0.05, 0.1) is 28.7 Å². The van der Waals surface area contributed by atoms with E-state index in [0.29, 0.717) is 21.3 Å². The Morgan fingerprint density at radius 1 is 0.619 bits per heavy atom. The number of nitrogens with two attached hydrogens (primary N) is 6. The number of hydrogen-bond donors (Lipinski definition) is 6. The SMILES string of the molecule is NC(N)=N/N=C/c1cc(Cl)c(Cl)cc1F.NC(N)=N/N=C/c1cc(F)ccc1Cl.NC(N)=N/N=C/c1cccnc1Cl. The molecule has 0 saturated carbocycles. The van der Waals surface area contributed by atoms with Gasteiger partial charge in [0.25, 0.3) is 0 Å². The van der Waals surface area contributed by atoms with Crippen LogP contribution in [0.4, 0.5) is 8.78 Å². The summed E-state index contributed by atoms with van der Waals surface area (Å²) in [6.07, 6.45) is 5.41. The highest BCUT2D eigenvalue weighted by Crippen LogP contribution is 2.24.